The highest BCUT2D eigenvalue weighted by Crippen LogP contribution is 2.39. The van der Waals surface area contributed by atoms with Crippen molar-refractivity contribution in [3.8, 4) is 0 Å². The first-order chi connectivity index (χ1) is 8.68. The van der Waals surface area contributed by atoms with Crippen LogP contribution in [0.3, 0.4) is 0 Å². The van der Waals surface area contributed by atoms with Crippen LogP contribution in [0.1, 0.15) is 57.8 Å². The van der Waals surface area contributed by atoms with Crippen molar-refractivity contribution >= 4 is 5.91 Å². The lowest BCUT2D eigenvalue weighted by Gasteiger charge is -2.34. The second-order valence-corrected chi connectivity index (χ2v) is 6.38. The summed E-state index contributed by atoms with van der Waals surface area (Å²) < 4.78 is 0. The number of hydrogen-bond donors (Lipinski definition) is 1. The molecule has 0 aromatic rings. The zero-order valence-electron chi connectivity index (χ0n) is 11.8. The van der Waals surface area contributed by atoms with Crippen LogP contribution in [-0.4, -0.2) is 30.9 Å². The lowest BCUT2D eigenvalue weighted by atomic mass is 9.83. The van der Waals surface area contributed by atoms with Gasteiger partial charge >= 0.3 is 0 Å². The van der Waals surface area contributed by atoms with Gasteiger partial charge in [-0.05, 0) is 31.6 Å². The molecule has 18 heavy (non-hydrogen) atoms. The van der Waals surface area contributed by atoms with Crippen LogP contribution in [0.2, 0.25) is 0 Å². The summed E-state index contributed by atoms with van der Waals surface area (Å²) in [6, 6.07) is 0. The van der Waals surface area contributed by atoms with Gasteiger partial charge in [-0.3, -0.25) is 4.79 Å². The third-order valence-corrected chi connectivity index (χ3v) is 5.01. The normalized spacial score (nSPS) is 24.1. The van der Waals surface area contributed by atoms with Gasteiger partial charge in [0.25, 0.3) is 0 Å². The third kappa shape index (κ3) is 2.87. The smallest absolute Gasteiger partial charge is 0.229 e. The number of carbonyl (C=O) groups excluding carboxylic acids is 1. The fraction of sp³-hybridized carbons (Fsp3) is 0.933. The molecule has 1 amide bonds. The molecule has 0 aromatic carbocycles. The maximum Gasteiger partial charge on any atom is 0.229 e. The summed E-state index contributed by atoms with van der Waals surface area (Å²) in [5.41, 5.74) is 5.67. The maximum absolute atomic E-state index is 12.6. The van der Waals surface area contributed by atoms with Crippen LogP contribution in [-0.2, 0) is 4.79 Å². The monoisotopic (exact) mass is 252 g/mol. The second-order valence-electron chi connectivity index (χ2n) is 6.38. The molecule has 0 aromatic heterocycles. The third-order valence-electron chi connectivity index (χ3n) is 5.01. The van der Waals surface area contributed by atoms with E-state index >= 15 is 0 Å². The summed E-state index contributed by atoms with van der Waals surface area (Å²) in [4.78, 5) is 14.6. The molecule has 2 fully saturated rings. The lowest BCUT2D eigenvalue weighted by Crippen LogP contribution is -2.46. The summed E-state index contributed by atoms with van der Waals surface area (Å²) >= 11 is 0. The average molecular weight is 252 g/mol. The molecular formula is C15H28N2O. The highest BCUT2D eigenvalue weighted by Gasteiger charge is 2.41. The Kier molecular flexibility index (Phi) is 4.66. The number of nitrogens with zero attached hydrogens (tertiary/aromatic N) is 1. The molecule has 3 heteroatoms. The van der Waals surface area contributed by atoms with Crippen LogP contribution in [0.5, 0.6) is 0 Å². The molecule has 0 bridgehead atoms. The lowest BCUT2D eigenvalue weighted by molar-refractivity contribution is -0.140. The van der Waals surface area contributed by atoms with Crippen LogP contribution in [0.4, 0.5) is 0 Å². The molecule has 104 valence electrons. The van der Waals surface area contributed by atoms with Crippen molar-refractivity contribution in [2.75, 3.05) is 20.1 Å². The molecular weight excluding hydrogens is 224 g/mol. The number of nitrogens with two attached hydrogens (primary N) is 1. The first-order valence-corrected chi connectivity index (χ1v) is 7.63. The highest BCUT2D eigenvalue weighted by atomic mass is 16.2. The molecule has 2 aliphatic rings. The van der Waals surface area contributed by atoms with E-state index in [0.717, 1.165) is 25.3 Å². The predicted molar refractivity (Wildman–Crippen MR) is 74.2 cm³/mol. The van der Waals surface area contributed by atoms with Gasteiger partial charge in [-0.2, -0.15) is 0 Å². The number of hydrogen-bond acceptors (Lipinski definition) is 2. The van der Waals surface area contributed by atoms with Gasteiger partial charge in [-0.25, -0.2) is 0 Å². The van der Waals surface area contributed by atoms with Gasteiger partial charge in [0.05, 0.1) is 5.41 Å². The standard InChI is InChI=1S/C15H28N2O/c1-17(11-13-7-3-2-4-8-13)14(18)15(12-16)9-5-6-10-15/h13H,2-12,16H2,1H3. The van der Waals surface area contributed by atoms with Gasteiger partial charge in [0.1, 0.15) is 0 Å². The largest absolute Gasteiger partial charge is 0.345 e. The van der Waals surface area contributed by atoms with E-state index in [1.165, 1.54) is 44.9 Å². The van der Waals surface area contributed by atoms with Gasteiger partial charge in [0.2, 0.25) is 5.91 Å². The quantitative estimate of drug-likeness (QED) is 0.836. The molecule has 0 aliphatic heterocycles. The van der Waals surface area contributed by atoms with E-state index in [0.29, 0.717) is 12.5 Å². The van der Waals surface area contributed by atoms with Gasteiger partial charge < -0.3 is 10.6 Å². The van der Waals surface area contributed by atoms with Crippen molar-refractivity contribution in [1.29, 1.82) is 0 Å². The van der Waals surface area contributed by atoms with Crippen LogP contribution >= 0.6 is 0 Å². The van der Waals surface area contributed by atoms with Crippen LogP contribution in [0.25, 0.3) is 0 Å². The van der Waals surface area contributed by atoms with E-state index in [1.54, 1.807) is 0 Å². The van der Waals surface area contributed by atoms with E-state index < -0.39 is 0 Å². The Morgan fingerprint density at radius 2 is 1.78 bits per heavy atom. The van der Waals surface area contributed by atoms with Crippen LogP contribution in [0.15, 0.2) is 0 Å². The molecule has 3 nitrogen and oxygen atoms in total. The summed E-state index contributed by atoms with van der Waals surface area (Å²) in [5.74, 6) is 1.04. The Hall–Kier alpha value is -0.570. The summed E-state index contributed by atoms with van der Waals surface area (Å²) in [6.07, 6.45) is 11.0. The van der Waals surface area contributed by atoms with Crippen molar-refractivity contribution < 1.29 is 4.79 Å². The molecule has 0 atom stereocenters. The Labute approximate surface area is 111 Å². The fourth-order valence-electron chi connectivity index (χ4n) is 3.80. The van der Waals surface area contributed by atoms with E-state index in [1.807, 2.05) is 11.9 Å². The van der Waals surface area contributed by atoms with E-state index in [-0.39, 0.29) is 5.41 Å². The Bertz CT molecular complexity index is 278. The molecule has 0 heterocycles. The summed E-state index contributed by atoms with van der Waals surface area (Å²) in [6.45, 7) is 1.47. The average Bonchev–Trinajstić information content (AvgIpc) is 2.89. The van der Waals surface area contributed by atoms with Gasteiger partial charge in [0.15, 0.2) is 0 Å². The number of carbonyl (C=O) groups is 1. The maximum atomic E-state index is 12.6. The molecule has 2 N–H and O–H groups in total. The molecule has 2 saturated carbocycles. The highest BCUT2D eigenvalue weighted by molar-refractivity contribution is 5.83. The van der Waals surface area contributed by atoms with Crippen LogP contribution in [0, 0.1) is 11.3 Å². The molecule has 0 radical (unpaired) electrons. The van der Waals surface area contributed by atoms with Gasteiger partial charge in [-0.15, -0.1) is 0 Å². The second kappa shape index (κ2) is 6.05. The van der Waals surface area contributed by atoms with Crippen molar-refractivity contribution in [3.05, 3.63) is 0 Å². The first-order valence-electron chi connectivity index (χ1n) is 7.63. The minimum Gasteiger partial charge on any atom is -0.345 e. The van der Waals surface area contributed by atoms with Crippen molar-refractivity contribution in [1.82, 2.24) is 4.90 Å². The molecule has 0 spiro atoms. The summed E-state index contributed by atoms with van der Waals surface area (Å²) in [7, 11) is 1.98. The van der Waals surface area contributed by atoms with Gasteiger partial charge in [-0.1, -0.05) is 32.1 Å². The minimum absolute atomic E-state index is 0.219. The van der Waals surface area contributed by atoms with E-state index in [2.05, 4.69) is 0 Å². The van der Waals surface area contributed by atoms with Crippen molar-refractivity contribution in [2.24, 2.45) is 17.1 Å². The van der Waals surface area contributed by atoms with E-state index in [9.17, 15) is 4.79 Å². The Morgan fingerprint density at radius 3 is 2.33 bits per heavy atom. The molecule has 2 aliphatic carbocycles. The first kappa shape index (κ1) is 13.9. The Balaban J connectivity index is 1.90. The molecule has 0 unspecified atom stereocenters. The zero-order valence-corrected chi connectivity index (χ0v) is 11.8. The molecule has 2 rings (SSSR count). The molecule has 0 saturated heterocycles. The summed E-state index contributed by atoms with van der Waals surface area (Å²) in [5, 5.41) is 0. The van der Waals surface area contributed by atoms with Crippen molar-refractivity contribution in [2.45, 2.75) is 57.8 Å². The van der Waals surface area contributed by atoms with Gasteiger partial charge in [0, 0.05) is 20.1 Å². The fourth-order valence-corrected chi connectivity index (χ4v) is 3.80. The van der Waals surface area contributed by atoms with E-state index in [4.69, 9.17) is 5.73 Å². The topological polar surface area (TPSA) is 46.3 Å². The number of rotatable bonds is 4. The Morgan fingerprint density at radius 1 is 1.17 bits per heavy atom. The van der Waals surface area contributed by atoms with Crippen molar-refractivity contribution in [3.63, 3.8) is 0 Å². The predicted octanol–water partition coefficient (Wildman–Crippen LogP) is 2.54. The zero-order chi connectivity index (χ0) is 13.0. The SMILES string of the molecule is CN(CC1CCCCC1)C(=O)C1(CN)CCCC1. The minimum atomic E-state index is -0.219. The van der Waals surface area contributed by atoms with Crippen LogP contribution < -0.4 is 5.73 Å². The number of amides is 1.